The van der Waals surface area contributed by atoms with Gasteiger partial charge in [0, 0.05) is 6.04 Å². The van der Waals surface area contributed by atoms with Crippen molar-refractivity contribution < 1.29 is 13.2 Å². The van der Waals surface area contributed by atoms with Gasteiger partial charge >= 0.3 is 6.18 Å². The number of hydrogen-bond donors (Lipinski definition) is 1. The van der Waals surface area contributed by atoms with E-state index in [4.69, 9.17) is 5.73 Å². The molecule has 0 heterocycles. The van der Waals surface area contributed by atoms with Crippen molar-refractivity contribution in [1.82, 2.24) is 0 Å². The van der Waals surface area contributed by atoms with Crippen LogP contribution in [0.25, 0.3) is 0 Å². The van der Waals surface area contributed by atoms with E-state index in [1.807, 2.05) is 0 Å². The Hall–Kier alpha value is -1.29. The average Bonchev–Trinajstić information content (AvgIpc) is 2.39. The maximum atomic E-state index is 12.4. The number of halogens is 3. The molecule has 2 rings (SSSR count). The summed E-state index contributed by atoms with van der Waals surface area (Å²) in [7, 11) is 0. The summed E-state index contributed by atoms with van der Waals surface area (Å²) in [5.41, 5.74) is 7.60. The van der Waals surface area contributed by atoms with Gasteiger partial charge < -0.3 is 5.73 Å². The maximum Gasteiger partial charge on any atom is 0.416 e. The first-order valence-electron chi connectivity index (χ1n) is 6.57. The van der Waals surface area contributed by atoms with Gasteiger partial charge in [-0.05, 0) is 49.8 Å². The third-order valence-electron chi connectivity index (χ3n) is 3.54. The molecule has 19 heavy (non-hydrogen) atoms. The van der Waals surface area contributed by atoms with Crippen molar-refractivity contribution in [3.8, 4) is 0 Å². The van der Waals surface area contributed by atoms with E-state index >= 15 is 0 Å². The zero-order valence-corrected chi connectivity index (χ0v) is 10.7. The predicted octanol–water partition coefficient (Wildman–Crippen LogP) is 4.08. The molecular weight excluding hydrogens is 251 g/mol. The average molecular weight is 269 g/mol. The van der Waals surface area contributed by atoms with Crippen molar-refractivity contribution in [3.05, 3.63) is 47.0 Å². The van der Waals surface area contributed by atoms with Crippen LogP contribution >= 0.6 is 0 Å². The minimum absolute atomic E-state index is 0.0722. The van der Waals surface area contributed by atoms with Gasteiger partial charge in [-0.15, -0.1) is 0 Å². The fourth-order valence-electron chi connectivity index (χ4n) is 2.41. The van der Waals surface area contributed by atoms with Gasteiger partial charge in [-0.1, -0.05) is 23.8 Å². The Morgan fingerprint density at radius 1 is 1.11 bits per heavy atom. The molecule has 0 spiro atoms. The molecular formula is C15H18F3N. The maximum absolute atomic E-state index is 12.4. The highest BCUT2D eigenvalue weighted by molar-refractivity contribution is 5.27. The second-order valence-corrected chi connectivity index (χ2v) is 5.03. The van der Waals surface area contributed by atoms with Crippen LogP contribution in [0.3, 0.4) is 0 Å². The van der Waals surface area contributed by atoms with Gasteiger partial charge in [0.15, 0.2) is 0 Å². The van der Waals surface area contributed by atoms with Gasteiger partial charge in [0.1, 0.15) is 0 Å². The molecule has 1 aliphatic carbocycles. The van der Waals surface area contributed by atoms with Gasteiger partial charge in [0.25, 0.3) is 0 Å². The van der Waals surface area contributed by atoms with Crippen LogP contribution in [-0.2, 0) is 12.6 Å². The minimum Gasteiger partial charge on any atom is -0.324 e. The summed E-state index contributed by atoms with van der Waals surface area (Å²) in [6, 6.07) is 5.21. The Kier molecular flexibility index (Phi) is 4.30. The summed E-state index contributed by atoms with van der Waals surface area (Å²) in [6.45, 7) is 0. The van der Waals surface area contributed by atoms with Crippen LogP contribution < -0.4 is 5.73 Å². The Labute approximate surface area is 111 Å². The third-order valence-corrected chi connectivity index (χ3v) is 3.54. The van der Waals surface area contributed by atoms with Gasteiger partial charge in [-0.25, -0.2) is 0 Å². The van der Waals surface area contributed by atoms with Gasteiger partial charge in [-0.3, -0.25) is 0 Å². The molecule has 0 amide bonds. The fourth-order valence-corrected chi connectivity index (χ4v) is 2.41. The first-order valence-corrected chi connectivity index (χ1v) is 6.57. The molecule has 1 unspecified atom stereocenters. The van der Waals surface area contributed by atoms with E-state index in [2.05, 4.69) is 6.08 Å². The van der Waals surface area contributed by atoms with Crippen molar-refractivity contribution in [1.29, 1.82) is 0 Å². The highest BCUT2D eigenvalue weighted by atomic mass is 19.4. The molecule has 0 aromatic heterocycles. The highest BCUT2D eigenvalue weighted by Gasteiger charge is 2.29. The molecule has 1 aliphatic rings. The zero-order chi connectivity index (χ0) is 13.9. The molecule has 1 atom stereocenters. The fraction of sp³-hybridized carbons (Fsp3) is 0.467. The van der Waals surface area contributed by atoms with E-state index in [1.165, 1.54) is 24.1 Å². The zero-order valence-electron chi connectivity index (χ0n) is 10.7. The van der Waals surface area contributed by atoms with Crippen LogP contribution in [0.2, 0.25) is 0 Å². The minimum atomic E-state index is -4.27. The van der Waals surface area contributed by atoms with Crippen LogP contribution in [0.15, 0.2) is 35.9 Å². The summed E-state index contributed by atoms with van der Waals surface area (Å²) in [5, 5.41) is 0. The topological polar surface area (TPSA) is 26.0 Å². The lowest BCUT2D eigenvalue weighted by molar-refractivity contribution is -0.137. The molecule has 4 heteroatoms. The van der Waals surface area contributed by atoms with Crippen molar-refractivity contribution in [3.63, 3.8) is 0 Å². The highest BCUT2D eigenvalue weighted by Crippen LogP contribution is 2.29. The molecule has 1 aromatic carbocycles. The summed E-state index contributed by atoms with van der Waals surface area (Å²) in [6.07, 6.45) is 2.95. The molecule has 2 N–H and O–H groups in total. The van der Waals surface area contributed by atoms with Crippen molar-refractivity contribution in [2.75, 3.05) is 0 Å². The quantitative estimate of drug-likeness (QED) is 0.822. The number of benzene rings is 1. The predicted molar refractivity (Wildman–Crippen MR) is 69.7 cm³/mol. The van der Waals surface area contributed by atoms with Crippen molar-refractivity contribution in [2.45, 2.75) is 44.3 Å². The van der Waals surface area contributed by atoms with Crippen molar-refractivity contribution in [2.24, 2.45) is 5.73 Å². The second kappa shape index (κ2) is 5.78. The molecule has 0 aliphatic heterocycles. The second-order valence-electron chi connectivity index (χ2n) is 5.03. The normalized spacial score (nSPS) is 18.0. The number of allylic oxidation sites excluding steroid dienone is 1. The Morgan fingerprint density at radius 3 is 2.32 bits per heavy atom. The Balaban J connectivity index is 2.01. The Bertz CT molecular complexity index is 445. The summed E-state index contributed by atoms with van der Waals surface area (Å²) in [4.78, 5) is 0. The van der Waals surface area contributed by atoms with E-state index in [1.54, 1.807) is 0 Å². The number of hydrogen-bond acceptors (Lipinski definition) is 1. The molecule has 1 aromatic rings. The smallest absolute Gasteiger partial charge is 0.324 e. The van der Waals surface area contributed by atoms with Crippen molar-refractivity contribution >= 4 is 0 Å². The Morgan fingerprint density at radius 2 is 1.79 bits per heavy atom. The first-order chi connectivity index (χ1) is 8.97. The lowest BCUT2D eigenvalue weighted by atomic mass is 9.91. The molecule has 0 fully saturated rings. The largest absolute Gasteiger partial charge is 0.416 e. The third kappa shape index (κ3) is 3.83. The summed E-state index contributed by atoms with van der Waals surface area (Å²) < 4.78 is 37.3. The van der Waals surface area contributed by atoms with E-state index in [9.17, 15) is 13.2 Å². The summed E-state index contributed by atoms with van der Waals surface area (Å²) >= 11 is 0. The van der Waals surface area contributed by atoms with Crippen LogP contribution in [-0.4, -0.2) is 6.04 Å². The molecule has 0 saturated heterocycles. The SMILES string of the molecule is NC(Cc1ccc(C(F)(F)F)cc1)C1=CCCCC1. The standard InChI is InChI=1S/C15H18F3N/c16-15(17,18)13-8-6-11(7-9-13)10-14(19)12-4-2-1-3-5-12/h4,6-9,14H,1-3,5,10,19H2. The molecule has 104 valence electrons. The van der Waals surface area contributed by atoms with E-state index in [0.29, 0.717) is 6.42 Å². The van der Waals surface area contributed by atoms with Crippen LogP contribution in [0.5, 0.6) is 0 Å². The summed E-state index contributed by atoms with van der Waals surface area (Å²) in [5.74, 6) is 0. The van der Waals surface area contributed by atoms with Crippen LogP contribution in [0.4, 0.5) is 13.2 Å². The molecule has 0 bridgehead atoms. The van der Waals surface area contributed by atoms with Gasteiger partial charge in [0.05, 0.1) is 5.56 Å². The van der Waals surface area contributed by atoms with E-state index in [-0.39, 0.29) is 6.04 Å². The van der Waals surface area contributed by atoms with E-state index < -0.39 is 11.7 Å². The lowest BCUT2D eigenvalue weighted by Crippen LogP contribution is -2.26. The molecule has 0 saturated carbocycles. The monoisotopic (exact) mass is 269 g/mol. The molecule has 0 radical (unpaired) electrons. The van der Waals surface area contributed by atoms with Crippen LogP contribution in [0.1, 0.15) is 36.8 Å². The van der Waals surface area contributed by atoms with Crippen LogP contribution in [0, 0.1) is 0 Å². The number of nitrogens with two attached hydrogens (primary N) is 1. The van der Waals surface area contributed by atoms with Gasteiger partial charge in [0.2, 0.25) is 0 Å². The first kappa shape index (κ1) is 14.1. The van der Waals surface area contributed by atoms with Gasteiger partial charge in [-0.2, -0.15) is 13.2 Å². The molecule has 1 nitrogen and oxygen atoms in total. The lowest BCUT2D eigenvalue weighted by Gasteiger charge is -2.19. The van der Waals surface area contributed by atoms with E-state index in [0.717, 1.165) is 37.0 Å². The number of rotatable bonds is 3. The number of alkyl halides is 3.